The minimum Gasteiger partial charge on any atom is -0.493 e. The lowest BCUT2D eigenvalue weighted by atomic mass is 10.1. The maximum atomic E-state index is 5.64. The molecule has 1 saturated heterocycles. The zero-order valence-corrected chi connectivity index (χ0v) is 17.1. The van der Waals surface area contributed by atoms with Crippen molar-refractivity contribution in [1.82, 2.24) is 0 Å². The van der Waals surface area contributed by atoms with Gasteiger partial charge < -0.3 is 24.0 Å². The number of rotatable bonds is 6. The molecule has 1 fully saturated rings. The van der Waals surface area contributed by atoms with Gasteiger partial charge in [0.2, 0.25) is 5.75 Å². The minimum atomic E-state index is 0.672. The number of piperazine rings is 1. The average Bonchev–Trinajstić information content (AvgIpc) is 2.70. The van der Waals surface area contributed by atoms with Gasteiger partial charge in [0.25, 0.3) is 0 Å². The number of ether oxygens (including phenoxy) is 3. The number of nitrogens with one attached hydrogen (secondary N) is 1. The van der Waals surface area contributed by atoms with Crippen molar-refractivity contribution < 1.29 is 19.1 Å². The highest BCUT2D eigenvalue weighted by Gasteiger charge is 2.24. The summed E-state index contributed by atoms with van der Waals surface area (Å²) in [7, 11) is 4.99. The molecule has 5 nitrogen and oxygen atoms in total. The van der Waals surface area contributed by atoms with Gasteiger partial charge in [-0.05, 0) is 43.2 Å². The second kappa shape index (κ2) is 8.53. The van der Waals surface area contributed by atoms with Crippen molar-refractivity contribution in [3.05, 3.63) is 47.0 Å². The van der Waals surface area contributed by atoms with Crippen molar-refractivity contribution in [3.8, 4) is 17.2 Å². The first-order valence-corrected chi connectivity index (χ1v) is 9.51. The van der Waals surface area contributed by atoms with Gasteiger partial charge in [0.05, 0.1) is 53.1 Å². The molecule has 2 aromatic rings. The zero-order valence-electron chi connectivity index (χ0n) is 17.1. The summed E-state index contributed by atoms with van der Waals surface area (Å²) >= 11 is 0. The van der Waals surface area contributed by atoms with Crippen LogP contribution in [0.25, 0.3) is 0 Å². The van der Waals surface area contributed by atoms with E-state index in [9.17, 15) is 0 Å². The highest BCUT2D eigenvalue weighted by atomic mass is 16.5. The summed E-state index contributed by atoms with van der Waals surface area (Å²) in [5.41, 5.74) is 5.28. The van der Waals surface area contributed by atoms with Gasteiger partial charge in [0.1, 0.15) is 6.54 Å². The molecule has 1 aliphatic heterocycles. The molecule has 0 unspecified atom stereocenters. The molecule has 1 N–H and O–H groups in total. The first kappa shape index (κ1) is 19.4. The Bertz CT molecular complexity index is 783. The molecule has 27 heavy (non-hydrogen) atoms. The van der Waals surface area contributed by atoms with Crippen LogP contribution in [-0.2, 0) is 6.54 Å². The maximum absolute atomic E-state index is 5.64. The number of methoxy groups -OCH3 is 3. The Hall–Kier alpha value is -2.40. The molecule has 146 valence electrons. The third kappa shape index (κ3) is 3.98. The van der Waals surface area contributed by atoms with Crippen LogP contribution in [0.3, 0.4) is 0 Å². The summed E-state index contributed by atoms with van der Waals surface area (Å²) in [5.74, 6) is 2.15. The Morgan fingerprint density at radius 1 is 0.889 bits per heavy atom. The molecule has 0 atom stereocenters. The molecule has 1 aliphatic rings. The van der Waals surface area contributed by atoms with Crippen LogP contribution in [0, 0.1) is 13.8 Å². The van der Waals surface area contributed by atoms with E-state index in [0.29, 0.717) is 11.5 Å². The number of hydrogen-bond donors (Lipinski definition) is 1. The number of hydrogen-bond acceptors (Lipinski definition) is 4. The fourth-order valence-electron chi connectivity index (χ4n) is 3.89. The van der Waals surface area contributed by atoms with Crippen LogP contribution in [0.5, 0.6) is 17.2 Å². The first-order chi connectivity index (χ1) is 13.1. The van der Waals surface area contributed by atoms with Gasteiger partial charge in [-0.3, -0.25) is 0 Å². The number of quaternary nitrogens is 1. The van der Waals surface area contributed by atoms with Crippen molar-refractivity contribution in [3.63, 3.8) is 0 Å². The van der Waals surface area contributed by atoms with E-state index in [1.165, 1.54) is 16.8 Å². The van der Waals surface area contributed by atoms with Crippen LogP contribution < -0.4 is 24.0 Å². The lowest BCUT2D eigenvalue weighted by Gasteiger charge is -2.35. The monoisotopic (exact) mass is 371 g/mol. The molecular weight excluding hydrogens is 340 g/mol. The van der Waals surface area contributed by atoms with Crippen molar-refractivity contribution in [2.75, 3.05) is 52.4 Å². The summed E-state index contributed by atoms with van der Waals surface area (Å²) in [6, 6.07) is 10.6. The Morgan fingerprint density at radius 3 is 2.22 bits per heavy atom. The maximum Gasteiger partial charge on any atom is 0.203 e. The average molecular weight is 372 g/mol. The summed E-state index contributed by atoms with van der Waals surface area (Å²) in [4.78, 5) is 4.07. The molecule has 3 rings (SSSR count). The van der Waals surface area contributed by atoms with Gasteiger partial charge in [0, 0.05) is 5.69 Å². The summed E-state index contributed by atoms with van der Waals surface area (Å²) in [6.45, 7) is 9.66. The summed E-state index contributed by atoms with van der Waals surface area (Å²) in [6.07, 6.45) is 0. The van der Waals surface area contributed by atoms with E-state index in [4.69, 9.17) is 14.2 Å². The molecule has 0 saturated carbocycles. The van der Waals surface area contributed by atoms with Crippen LogP contribution >= 0.6 is 0 Å². The molecule has 0 spiro atoms. The quantitative estimate of drug-likeness (QED) is 0.845. The van der Waals surface area contributed by atoms with Gasteiger partial charge in [0.15, 0.2) is 11.5 Å². The number of aryl methyl sites for hydroxylation is 1. The standard InChI is InChI=1S/C22H30N2O3/c1-16-7-6-8-19(17(16)2)24-13-11-23(12-14-24)15-18-9-10-20(25-3)22(27-5)21(18)26-4/h6-10H,11-15H2,1-5H3/p+1. The Labute approximate surface area is 162 Å². The van der Waals surface area contributed by atoms with Crippen LogP contribution in [0.1, 0.15) is 16.7 Å². The molecular formula is C22H31N2O3+. The zero-order chi connectivity index (χ0) is 19.4. The SMILES string of the molecule is COc1ccc(C[NH+]2CCN(c3cccc(C)c3C)CC2)c(OC)c1OC. The van der Waals surface area contributed by atoms with E-state index in [0.717, 1.165) is 44.0 Å². The molecule has 0 bridgehead atoms. The largest absolute Gasteiger partial charge is 0.493 e. The molecule has 0 aliphatic carbocycles. The number of benzene rings is 2. The Kier molecular flexibility index (Phi) is 6.11. The van der Waals surface area contributed by atoms with Gasteiger partial charge in [-0.15, -0.1) is 0 Å². The topological polar surface area (TPSA) is 35.4 Å². The van der Waals surface area contributed by atoms with Crippen molar-refractivity contribution in [2.45, 2.75) is 20.4 Å². The highest BCUT2D eigenvalue weighted by molar-refractivity contribution is 5.56. The lowest BCUT2D eigenvalue weighted by Crippen LogP contribution is -3.13. The Morgan fingerprint density at radius 2 is 1.59 bits per heavy atom. The smallest absolute Gasteiger partial charge is 0.203 e. The third-order valence-corrected chi connectivity index (χ3v) is 5.61. The minimum absolute atomic E-state index is 0.672. The molecule has 0 amide bonds. The highest BCUT2D eigenvalue weighted by Crippen LogP contribution is 2.39. The van der Waals surface area contributed by atoms with Crippen LogP contribution in [0.2, 0.25) is 0 Å². The van der Waals surface area contributed by atoms with Gasteiger partial charge in [-0.1, -0.05) is 12.1 Å². The van der Waals surface area contributed by atoms with Crippen LogP contribution in [0.15, 0.2) is 30.3 Å². The van der Waals surface area contributed by atoms with E-state index in [1.54, 1.807) is 26.2 Å². The lowest BCUT2D eigenvalue weighted by molar-refractivity contribution is -0.914. The molecule has 2 aromatic carbocycles. The van der Waals surface area contributed by atoms with E-state index < -0.39 is 0 Å². The van der Waals surface area contributed by atoms with E-state index in [-0.39, 0.29) is 0 Å². The van der Waals surface area contributed by atoms with Gasteiger partial charge in [-0.2, -0.15) is 0 Å². The van der Waals surface area contributed by atoms with Crippen molar-refractivity contribution in [1.29, 1.82) is 0 Å². The molecule has 0 radical (unpaired) electrons. The predicted molar refractivity (Wildman–Crippen MR) is 109 cm³/mol. The molecule has 5 heteroatoms. The number of anilines is 1. The first-order valence-electron chi connectivity index (χ1n) is 9.51. The van der Waals surface area contributed by atoms with Crippen molar-refractivity contribution in [2.24, 2.45) is 0 Å². The second-order valence-corrected chi connectivity index (χ2v) is 7.13. The van der Waals surface area contributed by atoms with Gasteiger partial charge in [-0.25, -0.2) is 0 Å². The van der Waals surface area contributed by atoms with E-state index >= 15 is 0 Å². The Balaban J connectivity index is 1.70. The fourth-order valence-corrected chi connectivity index (χ4v) is 3.89. The van der Waals surface area contributed by atoms with Crippen LogP contribution in [0.4, 0.5) is 5.69 Å². The van der Waals surface area contributed by atoms with Crippen LogP contribution in [-0.4, -0.2) is 47.5 Å². The predicted octanol–water partition coefficient (Wildman–Crippen LogP) is 2.23. The number of nitrogens with zero attached hydrogens (tertiary/aromatic N) is 1. The molecule has 1 heterocycles. The summed E-state index contributed by atoms with van der Waals surface area (Å²) < 4.78 is 16.6. The second-order valence-electron chi connectivity index (χ2n) is 7.13. The fraction of sp³-hybridized carbons (Fsp3) is 0.455. The molecule has 0 aromatic heterocycles. The van der Waals surface area contributed by atoms with Gasteiger partial charge >= 0.3 is 0 Å². The normalized spacial score (nSPS) is 14.9. The van der Waals surface area contributed by atoms with E-state index in [1.807, 2.05) is 6.07 Å². The van der Waals surface area contributed by atoms with E-state index in [2.05, 4.69) is 43.0 Å². The third-order valence-electron chi connectivity index (χ3n) is 5.61. The summed E-state index contributed by atoms with van der Waals surface area (Å²) in [5, 5.41) is 0. The van der Waals surface area contributed by atoms with Crippen molar-refractivity contribution >= 4 is 5.69 Å².